The molecule has 0 spiro atoms. The van der Waals surface area contributed by atoms with Crippen molar-refractivity contribution in [1.82, 2.24) is 4.98 Å². The first-order valence-electron chi connectivity index (χ1n) is 6.14. The van der Waals surface area contributed by atoms with E-state index in [1.165, 1.54) is 35.4 Å². The van der Waals surface area contributed by atoms with Crippen LogP contribution in [-0.2, 0) is 0 Å². The van der Waals surface area contributed by atoms with E-state index in [2.05, 4.69) is 9.71 Å². The second kappa shape index (κ2) is 6.15. The van der Waals surface area contributed by atoms with Crippen LogP contribution in [0, 0.1) is 5.82 Å². The number of rotatable bonds is 4. The first-order chi connectivity index (χ1) is 10.2. The van der Waals surface area contributed by atoms with Crippen LogP contribution in [0.25, 0.3) is 10.6 Å². The monoisotopic (exact) mass is 318 g/mol. The third-order valence-electron chi connectivity index (χ3n) is 2.71. The average molecular weight is 318 g/mol. The molecule has 0 bridgehead atoms. The summed E-state index contributed by atoms with van der Waals surface area (Å²) in [7, 11) is 0. The average Bonchev–Trinajstić information content (AvgIpc) is 2.96. The molecule has 0 aliphatic heterocycles. The number of aromatic hydroxyl groups is 1. The zero-order chi connectivity index (χ0) is 14.7. The van der Waals surface area contributed by atoms with Crippen LogP contribution in [0.15, 0.2) is 58.9 Å². The Morgan fingerprint density at radius 1 is 1.05 bits per heavy atom. The molecule has 1 aromatic heterocycles. The molecule has 0 radical (unpaired) electrons. The molecule has 0 fully saturated rings. The van der Waals surface area contributed by atoms with Gasteiger partial charge in [-0.3, -0.25) is 0 Å². The maximum absolute atomic E-state index is 12.9. The van der Waals surface area contributed by atoms with Gasteiger partial charge < -0.3 is 9.83 Å². The molecular formula is C15H11FN2OS2. The largest absolute Gasteiger partial charge is 0.508 e. The van der Waals surface area contributed by atoms with Crippen molar-refractivity contribution in [2.24, 2.45) is 0 Å². The third-order valence-corrected chi connectivity index (χ3v) is 4.70. The van der Waals surface area contributed by atoms with Gasteiger partial charge in [0.1, 0.15) is 20.8 Å². The predicted molar refractivity (Wildman–Crippen MR) is 85.1 cm³/mol. The molecule has 0 saturated heterocycles. The lowest BCUT2D eigenvalue weighted by Crippen LogP contribution is -1.83. The van der Waals surface area contributed by atoms with E-state index in [1.54, 1.807) is 42.6 Å². The second-order valence-corrected chi connectivity index (χ2v) is 6.38. The zero-order valence-corrected chi connectivity index (χ0v) is 12.4. The molecule has 0 saturated carbocycles. The lowest BCUT2D eigenvalue weighted by atomic mass is 10.2. The summed E-state index contributed by atoms with van der Waals surface area (Å²) in [4.78, 5) is 4.34. The van der Waals surface area contributed by atoms with Crippen LogP contribution in [0.4, 0.5) is 10.1 Å². The van der Waals surface area contributed by atoms with E-state index in [4.69, 9.17) is 0 Å². The van der Waals surface area contributed by atoms with E-state index >= 15 is 0 Å². The van der Waals surface area contributed by atoms with E-state index in [0.717, 1.165) is 20.5 Å². The standard InChI is InChI=1S/C15H11FN2OS2/c16-11-3-1-10(2-4-11)15-17-9-14(20-15)21-18-12-5-7-13(19)8-6-12/h1-9,18-19H. The smallest absolute Gasteiger partial charge is 0.124 e. The number of benzene rings is 2. The van der Waals surface area contributed by atoms with Crippen molar-refractivity contribution in [1.29, 1.82) is 0 Å². The van der Waals surface area contributed by atoms with Gasteiger partial charge in [0.2, 0.25) is 0 Å². The van der Waals surface area contributed by atoms with Gasteiger partial charge in [0, 0.05) is 11.3 Å². The number of nitrogens with one attached hydrogen (secondary N) is 1. The summed E-state index contributed by atoms with van der Waals surface area (Å²) in [6.45, 7) is 0. The van der Waals surface area contributed by atoms with Crippen molar-refractivity contribution in [3.05, 3.63) is 60.5 Å². The molecule has 6 heteroatoms. The van der Waals surface area contributed by atoms with Crippen LogP contribution in [0.2, 0.25) is 0 Å². The maximum Gasteiger partial charge on any atom is 0.124 e. The summed E-state index contributed by atoms with van der Waals surface area (Å²) in [6, 6.07) is 13.1. The van der Waals surface area contributed by atoms with Crippen molar-refractivity contribution in [3.8, 4) is 16.3 Å². The molecule has 0 aliphatic carbocycles. The number of aromatic nitrogens is 1. The summed E-state index contributed by atoms with van der Waals surface area (Å²) in [5.41, 5.74) is 1.80. The normalized spacial score (nSPS) is 10.5. The number of thiazole rings is 1. The first-order valence-corrected chi connectivity index (χ1v) is 7.78. The summed E-state index contributed by atoms with van der Waals surface area (Å²) in [5, 5.41) is 10.1. The summed E-state index contributed by atoms with van der Waals surface area (Å²) in [6.07, 6.45) is 1.78. The Bertz CT molecular complexity index is 726. The third kappa shape index (κ3) is 3.53. The van der Waals surface area contributed by atoms with Gasteiger partial charge in [-0.2, -0.15) is 0 Å². The fourth-order valence-electron chi connectivity index (χ4n) is 1.67. The molecular weight excluding hydrogens is 307 g/mol. The van der Waals surface area contributed by atoms with Gasteiger partial charge in [0.05, 0.1) is 6.20 Å². The molecule has 0 unspecified atom stereocenters. The van der Waals surface area contributed by atoms with Gasteiger partial charge in [0.25, 0.3) is 0 Å². The number of hydrogen-bond donors (Lipinski definition) is 2. The number of hydrogen-bond acceptors (Lipinski definition) is 5. The van der Waals surface area contributed by atoms with Crippen molar-refractivity contribution in [2.75, 3.05) is 4.72 Å². The number of anilines is 1. The zero-order valence-electron chi connectivity index (χ0n) is 10.8. The topological polar surface area (TPSA) is 45.1 Å². The van der Waals surface area contributed by atoms with Gasteiger partial charge in [0.15, 0.2) is 0 Å². The first kappa shape index (κ1) is 13.9. The van der Waals surface area contributed by atoms with Gasteiger partial charge in [-0.25, -0.2) is 9.37 Å². The lowest BCUT2D eigenvalue weighted by molar-refractivity contribution is 0.475. The fraction of sp³-hybridized carbons (Fsp3) is 0. The second-order valence-electron chi connectivity index (χ2n) is 4.24. The van der Waals surface area contributed by atoms with Crippen molar-refractivity contribution >= 4 is 29.0 Å². The molecule has 3 aromatic rings. The summed E-state index contributed by atoms with van der Waals surface area (Å²) >= 11 is 2.98. The van der Waals surface area contributed by atoms with Gasteiger partial charge in [-0.05, 0) is 60.5 Å². The van der Waals surface area contributed by atoms with Crippen LogP contribution in [0.3, 0.4) is 0 Å². The molecule has 0 amide bonds. The summed E-state index contributed by atoms with van der Waals surface area (Å²) in [5.74, 6) is -0.0131. The predicted octanol–water partition coefficient (Wildman–Crippen LogP) is 4.77. The van der Waals surface area contributed by atoms with E-state index in [9.17, 15) is 9.50 Å². The highest BCUT2D eigenvalue weighted by molar-refractivity contribution is 8.02. The van der Waals surface area contributed by atoms with Gasteiger partial charge in [-0.15, -0.1) is 11.3 Å². The minimum absolute atomic E-state index is 0.238. The molecule has 2 N–H and O–H groups in total. The Hall–Kier alpha value is -2.05. The molecule has 21 heavy (non-hydrogen) atoms. The molecule has 106 valence electrons. The van der Waals surface area contributed by atoms with Crippen LogP contribution in [0.5, 0.6) is 5.75 Å². The maximum atomic E-state index is 12.9. The molecule has 3 rings (SSSR count). The lowest BCUT2D eigenvalue weighted by Gasteiger charge is -2.02. The van der Waals surface area contributed by atoms with Crippen molar-refractivity contribution in [3.63, 3.8) is 0 Å². The van der Waals surface area contributed by atoms with Crippen LogP contribution in [-0.4, -0.2) is 10.1 Å². The van der Waals surface area contributed by atoms with E-state index in [0.29, 0.717) is 0 Å². The van der Waals surface area contributed by atoms with E-state index in [-0.39, 0.29) is 11.6 Å². The highest BCUT2D eigenvalue weighted by Gasteiger charge is 2.06. The van der Waals surface area contributed by atoms with Gasteiger partial charge >= 0.3 is 0 Å². The summed E-state index contributed by atoms with van der Waals surface area (Å²) < 4.78 is 17.1. The SMILES string of the molecule is Oc1ccc(NSc2cnc(-c3ccc(F)cc3)s2)cc1. The molecule has 2 aromatic carbocycles. The Morgan fingerprint density at radius 3 is 2.48 bits per heavy atom. The Balaban J connectivity index is 1.67. The minimum Gasteiger partial charge on any atom is -0.508 e. The number of phenols is 1. The Morgan fingerprint density at radius 2 is 1.76 bits per heavy atom. The number of phenolic OH excluding ortho intramolecular Hbond substituents is 1. The number of halogens is 1. The molecule has 3 nitrogen and oxygen atoms in total. The molecule has 0 atom stereocenters. The molecule has 0 aliphatic rings. The highest BCUT2D eigenvalue weighted by atomic mass is 32.2. The van der Waals surface area contributed by atoms with Crippen LogP contribution < -0.4 is 4.72 Å². The highest BCUT2D eigenvalue weighted by Crippen LogP contribution is 2.32. The Labute approximate surface area is 129 Å². The molecule has 1 heterocycles. The van der Waals surface area contributed by atoms with E-state index < -0.39 is 0 Å². The van der Waals surface area contributed by atoms with Crippen molar-refractivity contribution < 1.29 is 9.50 Å². The fourth-order valence-corrected chi connectivity index (χ4v) is 3.31. The Kier molecular flexibility index (Phi) is 4.08. The van der Waals surface area contributed by atoms with Crippen molar-refractivity contribution in [2.45, 2.75) is 4.21 Å². The van der Waals surface area contributed by atoms with Crippen LogP contribution in [0.1, 0.15) is 0 Å². The number of nitrogens with zero attached hydrogens (tertiary/aromatic N) is 1. The minimum atomic E-state index is -0.251. The van der Waals surface area contributed by atoms with E-state index in [1.807, 2.05) is 0 Å². The quantitative estimate of drug-likeness (QED) is 0.537. The van der Waals surface area contributed by atoms with Gasteiger partial charge in [-0.1, -0.05) is 0 Å². The van der Waals surface area contributed by atoms with Crippen LogP contribution >= 0.6 is 23.3 Å².